The molecule has 29 heavy (non-hydrogen) atoms. The molecular weight excluding hydrogens is 414 g/mol. The van der Waals surface area contributed by atoms with E-state index in [0.717, 1.165) is 17.0 Å². The molecule has 0 aromatic carbocycles. The Morgan fingerprint density at radius 2 is 1.90 bits per heavy atom. The maximum absolute atomic E-state index is 13.0. The highest BCUT2D eigenvalue weighted by Crippen LogP contribution is 2.31. The standard InChI is InChI=1S/C17H19N7O3S2/c1-11-17(20-14(18)10-19-11)23-6-8-24(9-7-23)29(26,27)16-5-3-13(28-16)12-2-4-15(25)22-21-12/h2-5,10H,6-9H2,1H3,(H2,18,20)(H,22,25). The number of anilines is 2. The normalized spacial score (nSPS) is 15.6. The van der Waals surface area contributed by atoms with E-state index in [1.54, 1.807) is 18.2 Å². The lowest BCUT2D eigenvalue weighted by molar-refractivity contribution is 0.384. The second-order valence-electron chi connectivity index (χ2n) is 6.52. The summed E-state index contributed by atoms with van der Waals surface area (Å²) >= 11 is 1.13. The summed E-state index contributed by atoms with van der Waals surface area (Å²) in [6, 6.07) is 6.19. The van der Waals surface area contributed by atoms with Gasteiger partial charge in [0.2, 0.25) is 0 Å². The highest BCUT2D eigenvalue weighted by molar-refractivity contribution is 7.91. The number of nitrogens with two attached hydrogens (primary N) is 1. The van der Waals surface area contributed by atoms with Crippen LogP contribution < -0.4 is 16.2 Å². The summed E-state index contributed by atoms with van der Waals surface area (Å²) < 4.78 is 27.8. The number of piperazine rings is 1. The number of aromatic nitrogens is 4. The third-order valence-corrected chi connectivity index (χ3v) is 8.07. The lowest BCUT2D eigenvalue weighted by atomic mass is 10.3. The molecule has 152 valence electrons. The molecule has 0 aliphatic carbocycles. The highest BCUT2D eigenvalue weighted by atomic mass is 32.2. The number of rotatable bonds is 4. The number of nitrogens with one attached hydrogen (secondary N) is 1. The molecule has 3 aromatic rings. The van der Waals surface area contributed by atoms with Crippen molar-refractivity contribution in [1.29, 1.82) is 0 Å². The summed E-state index contributed by atoms with van der Waals surface area (Å²) in [5, 5.41) is 6.30. The minimum absolute atomic E-state index is 0.244. The molecule has 0 saturated carbocycles. The zero-order chi connectivity index (χ0) is 20.6. The lowest BCUT2D eigenvalue weighted by Gasteiger charge is -2.34. The Kier molecular flexibility index (Phi) is 5.06. The number of aromatic amines is 1. The van der Waals surface area contributed by atoms with Crippen molar-refractivity contribution in [3.05, 3.63) is 46.5 Å². The van der Waals surface area contributed by atoms with Crippen molar-refractivity contribution < 1.29 is 8.42 Å². The van der Waals surface area contributed by atoms with Gasteiger partial charge in [-0.2, -0.15) is 9.40 Å². The molecule has 1 aliphatic heterocycles. The van der Waals surface area contributed by atoms with Crippen molar-refractivity contribution in [1.82, 2.24) is 24.5 Å². The molecule has 4 rings (SSSR count). The first-order valence-corrected chi connectivity index (χ1v) is 11.1. The van der Waals surface area contributed by atoms with E-state index in [9.17, 15) is 13.2 Å². The van der Waals surface area contributed by atoms with Crippen LogP contribution in [-0.2, 0) is 10.0 Å². The third kappa shape index (κ3) is 3.86. The minimum atomic E-state index is -3.62. The summed E-state index contributed by atoms with van der Waals surface area (Å²) in [4.78, 5) is 22.4. The molecule has 4 heterocycles. The van der Waals surface area contributed by atoms with Gasteiger partial charge in [-0.25, -0.2) is 18.5 Å². The van der Waals surface area contributed by atoms with Crippen LogP contribution in [0.2, 0.25) is 0 Å². The van der Waals surface area contributed by atoms with Gasteiger partial charge in [-0.3, -0.25) is 9.78 Å². The predicted molar refractivity (Wildman–Crippen MR) is 110 cm³/mol. The van der Waals surface area contributed by atoms with E-state index in [-0.39, 0.29) is 9.77 Å². The fourth-order valence-electron chi connectivity index (χ4n) is 3.10. The van der Waals surface area contributed by atoms with Gasteiger partial charge in [0, 0.05) is 32.2 Å². The van der Waals surface area contributed by atoms with E-state index in [4.69, 9.17) is 5.73 Å². The number of thiophene rings is 1. The van der Waals surface area contributed by atoms with Gasteiger partial charge in [0.05, 0.1) is 16.8 Å². The maximum atomic E-state index is 13.0. The summed E-state index contributed by atoms with van der Waals surface area (Å²) in [5.41, 5.74) is 6.71. The minimum Gasteiger partial charge on any atom is -0.382 e. The average molecular weight is 434 g/mol. The molecule has 1 fully saturated rings. The molecule has 10 nitrogen and oxygen atoms in total. The second kappa shape index (κ2) is 7.54. The van der Waals surface area contributed by atoms with Crippen LogP contribution in [0.1, 0.15) is 5.69 Å². The van der Waals surface area contributed by atoms with Gasteiger partial charge in [0.15, 0.2) is 5.82 Å². The zero-order valence-electron chi connectivity index (χ0n) is 15.6. The SMILES string of the molecule is Cc1ncc(N)nc1N1CCN(S(=O)(=O)c2ccc(-c3ccc(=O)[nH]n3)s2)CC1. The molecule has 12 heteroatoms. The summed E-state index contributed by atoms with van der Waals surface area (Å²) in [7, 11) is -3.62. The Morgan fingerprint density at radius 3 is 2.59 bits per heavy atom. The van der Waals surface area contributed by atoms with E-state index < -0.39 is 10.0 Å². The number of nitrogens with zero attached hydrogens (tertiary/aromatic N) is 5. The molecular formula is C17H19N7O3S2. The van der Waals surface area contributed by atoms with Gasteiger partial charge in [0.1, 0.15) is 15.7 Å². The zero-order valence-corrected chi connectivity index (χ0v) is 17.2. The van der Waals surface area contributed by atoms with Gasteiger partial charge < -0.3 is 10.6 Å². The second-order valence-corrected chi connectivity index (χ2v) is 9.77. The van der Waals surface area contributed by atoms with E-state index in [1.807, 2.05) is 11.8 Å². The molecule has 0 spiro atoms. The third-order valence-electron chi connectivity index (χ3n) is 4.59. The first-order valence-electron chi connectivity index (χ1n) is 8.85. The molecule has 3 aromatic heterocycles. The topological polar surface area (TPSA) is 138 Å². The molecule has 3 N–H and O–H groups in total. The number of hydrogen-bond donors (Lipinski definition) is 2. The maximum Gasteiger partial charge on any atom is 0.264 e. The first-order chi connectivity index (χ1) is 13.8. The van der Waals surface area contributed by atoms with Crippen molar-refractivity contribution in [2.45, 2.75) is 11.1 Å². The van der Waals surface area contributed by atoms with Gasteiger partial charge >= 0.3 is 0 Å². The molecule has 1 aliphatic rings. The Hall–Kier alpha value is -2.83. The Balaban J connectivity index is 1.50. The Morgan fingerprint density at radius 1 is 1.14 bits per heavy atom. The van der Waals surface area contributed by atoms with Crippen molar-refractivity contribution in [2.24, 2.45) is 0 Å². The summed E-state index contributed by atoms with van der Waals surface area (Å²) in [5.74, 6) is 1.02. The van der Waals surface area contributed by atoms with Crippen LogP contribution in [0.5, 0.6) is 0 Å². The van der Waals surface area contributed by atoms with Crippen LogP contribution in [0.25, 0.3) is 10.6 Å². The molecule has 0 bridgehead atoms. The number of hydrogen-bond acceptors (Lipinski definition) is 9. The van der Waals surface area contributed by atoms with E-state index in [1.165, 1.54) is 16.6 Å². The number of nitrogen functional groups attached to an aromatic ring is 1. The van der Waals surface area contributed by atoms with Crippen LogP contribution in [0.4, 0.5) is 11.6 Å². The summed E-state index contributed by atoms with van der Waals surface area (Å²) in [6.07, 6.45) is 1.51. The largest absolute Gasteiger partial charge is 0.382 e. The van der Waals surface area contributed by atoms with Crippen LogP contribution in [-0.4, -0.2) is 59.1 Å². The lowest BCUT2D eigenvalue weighted by Crippen LogP contribution is -2.49. The van der Waals surface area contributed by atoms with Crippen LogP contribution >= 0.6 is 11.3 Å². The van der Waals surface area contributed by atoms with Crippen molar-refractivity contribution in [3.63, 3.8) is 0 Å². The highest BCUT2D eigenvalue weighted by Gasteiger charge is 2.31. The smallest absolute Gasteiger partial charge is 0.264 e. The van der Waals surface area contributed by atoms with E-state index in [2.05, 4.69) is 20.2 Å². The fourth-order valence-corrected chi connectivity index (χ4v) is 5.95. The number of aryl methyl sites for hydroxylation is 1. The monoisotopic (exact) mass is 433 g/mol. The summed E-state index contributed by atoms with van der Waals surface area (Å²) in [6.45, 7) is 3.52. The van der Waals surface area contributed by atoms with Crippen molar-refractivity contribution >= 4 is 33.0 Å². The van der Waals surface area contributed by atoms with Gasteiger partial charge in [-0.1, -0.05) is 0 Å². The van der Waals surface area contributed by atoms with Crippen LogP contribution in [0, 0.1) is 6.92 Å². The van der Waals surface area contributed by atoms with Crippen molar-refractivity contribution in [3.8, 4) is 10.6 Å². The first kappa shape index (κ1) is 19.5. The van der Waals surface area contributed by atoms with Gasteiger partial charge in [-0.15, -0.1) is 11.3 Å². The van der Waals surface area contributed by atoms with E-state index in [0.29, 0.717) is 48.4 Å². The quantitative estimate of drug-likeness (QED) is 0.613. The molecule has 1 saturated heterocycles. The average Bonchev–Trinajstić information content (AvgIpc) is 3.22. The van der Waals surface area contributed by atoms with Crippen molar-refractivity contribution in [2.75, 3.05) is 36.8 Å². The molecule has 0 atom stereocenters. The van der Waals surface area contributed by atoms with Crippen LogP contribution in [0.15, 0.2) is 39.5 Å². The molecule has 0 radical (unpaired) electrons. The molecule has 0 amide bonds. The Labute approximate surface area is 171 Å². The van der Waals surface area contributed by atoms with Gasteiger partial charge in [-0.05, 0) is 25.1 Å². The number of H-pyrrole nitrogens is 1. The van der Waals surface area contributed by atoms with E-state index >= 15 is 0 Å². The molecule has 0 unspecified atom stereocenters. The fraction of sp³-hybridized carbons (Fsp3) is 0.294. The number of sulfonamides is 1. The van der Waals surface area contributed by atoms with Gasteiger partial charge in [0.25, 0.3) is 15.6 Å². The van der Waals surface area contributed by atoms with Crippen LogP contribution in [0.3, 0.4) is 0 Å². The Bertz CT molecular complexity index is 1180. The predicted octanol–water partition coefficient (Wildman–Crippen LogP) is 0.690.